The van der Waals surface area contributed by atoms with Crippen LogP contribution in [0.1, 0.15) is 24.0 Å². The molecule has 8 nitrogen and oxygen atoms in total. The predicted octanol–water partition coefficient (Wildman–Crippen LogP) is 3.23. The number of hydrogen-bond donors (Lipinski definition) is 3. The van der Waals surface area contributed by atoms with Crippen molar-refractivity contribution in [1.82, 2.24) is 14.9 Å². The number of aliphatic hydroxyl groups excluding tert-OH is 2. The van der Waals surface area contributed by atoms with Gasteiger partial charge in [-0.3, -0.25) is 4.99 Å². The maximum absolute atomic E-state index is 10.9. The second-order valence-corrected chi connectivity index (χ2v) is 8.43. The van der Waals surface area contributed by atoms with Crippen molar-refractivity contribution in [3.8, 4) is 0 Å². The third-order valence-corrected chi connectivity index (χ3v) is 6.32. The summed E-state index contributed by atoms with van der Waals surface area (Å²) in [7, 11) is 0. The van der Waals surface area contributed by atoms with Crippen molar-refractivity contribution in [2.75, 3.05) is 31.1 Å². The maximum atomic E-state index is 10.9. The zero-order valence-electron chi connectivity index (χ0n) is 17.6. The average Bonchev–Trinajstić information content (AvgIpc) is 3.48. The Bertz CT molecular complexity index is 1290. The summed E-state index contributed by atoms with van der Waals surface area (Å²) in [6.45, 7) is 2.99. The number of β-amino-alcohol motifs (C(OH)–C–C–N with tert-alkyl or cyclic N) is 1. The molecule has 1 unspecified atom stereocenters. The zero-order valence-corrected chi connectivity index (χ0v) is 17.6. The van der Waals surface area contributed by atoms with Crippen molar-refractivity contribution in [1.29, 1.82) is 0 Å². The number of nitrogens with one attached hydrogen (secondary N) is 1. The number of aromatic nitrogens is 2. The Labute approximate surface area is 185 Å². The molecule has 1 saturated heterocycles. The van der Waals surface area contributed by atoms with Crippen molar-refractivity contribution in [2.24, 2.45) is 9.98 Å². The molecule has 0 amide bonds. The first-order valence-electron chi connectivity index (χ1n) is 11.0. The van der Waals surface area contributed by atoms with Crippen LogP contribution in [0.25, 0.3) is 16.8 Å². The molecule has 162 valence electrons. The number of aromatic amines is 1. The van der Waals surface area contributed by atoms with Gasteiger partial charge in [0.2, 0.25) is 0 Å². The van der Waals surface area contributed by atoms with Gasteiger partial charge in [-0.05, 0) is 49.2 Å². The van der Waals surface area contributed by atoms with E-state index >= 15 is 0 Å². The van der Waals surface area contributed by atoms with Gasteiger partial charge >= 0.3 is 0 Å². The average molecular weight is 428 g/mol. The molecule has 1 atom stereocenters. The lowest BCUT2D eigenvalue weighted by Crippen LogP contribution is -2.38. The summed E-state index contributed by atoms with van der Waals surface area (Å²) in [6, 6.07) is 11.8. The first kappa shape index (κ1) is 19.1. The quantitative estimate of drug-likeness (QED) is 0.556. The highest BCUT2D eigenvalue weighted by Gasteiger charge is 2.29. The number of anilines is 1. The number of fused-ring (bicyclic) bond motifs is 4. The van der Waals surface area contributed by atoms with Gasteiger partial charge in [0.1, 0.15) is 17.4 Å². The Kier molecular flexibility index (Phi) is 4.46. The summed E-state index contributed by atoms with van der Waals surface area (Å²) >= 11 is 0. The van der Waals surface area contributed by atoms with Gasteiger partial charge in [-0.1, -0.05) is 0 Å². The van der Waals surface area contributed by atoms with Crippen LogP contribution < -0.4 is 4.90 Å². The second-order valence-electron chi connectivity index (χ2n) is 8.43. The second kappa shape index (κ2) is 7.49. The van der Waals surface area contributed by atoms with E-state index in [0.29, 0.717) is 24.5 Å². The Hall–Kier alpha value is -3.65. The van der Waals surface area contributed by atoms with E-state index in [1.54, 1.807) is 12.4 Å². The van der Waals surface area contributed by atoms with Gasteiger partial charge in [-0.2, -0.15) is 0 Å². The fourth-order valence-electron chi connectivity index (χ4n) is 4.68. The molecule has 3 N–H and O–H groups in total. The highest BCUT2D eigenvalue weighted by Crippen LogP contribution is 2.34. The Morgan fingerprint density at radius 1 is 1.16 bits per heavy atom. The molecule has 32 heavy (non-hydrogen) atoms. The summed E-state index contributed by atoms with van der Waals surface area (Å²) in [4.78, 5) is 21.2. The summed E-state index contributed by atoms with van der Waals surface area (Å²) in [6.07, 6.45) is 4.88. The number of piperidine rings is 1. The van der Waals surface area contributed by atoms with Gasteiger partial charge < -0.3 is 25.0 Å². The van der Waals surface area contributed by atoms with Crippen molar-refractivity contribution in [3.63, 3.8) is 0 Å². The van der Waals surface area contributed by atoms with E-state index in [4.69, 9.17) is 9.98 Å². The summed E-state index contributed by atoms with van der Waals surface area (Å²) in [5.74, 6) is 1.70. The van der Waals surface area contributed by atoms with E-state index in [0.717, 1.165) is 59.7 Å². The van der Waals surface area contributed by atoms with Crippen molar-refractivity contribution >= 4 is 39.8 Å². The van der Waals surface area contributed by atoms with Gasteiger partial charge in [0.25, 0.3) is 0 Å². The Morgan fingerprint density at radius 2 is 2.09 bits per heavy atom. The normalized spacial score (nSPS) is 20.8. The molecule has 3 aromatic rings. The minimum Gasteiger partial charge on any atom is -0.507 e. The van der Waals surface area contributed by atoms with Crippen LogP contribution >= 0.6 is 0 Å². The first-order chi connectivity index (χ1) is 15.7. The van der Waals surface area contributed by atoms with Gasteiger partial charge in [0, 0.05) is 42.5 Å². The molecule has 3 aliphatic heterocycles. The highest BCUT2D eigenvalue weighted by atomic mass is 16.3. The molecule has 2 aromatic carbocycles. The number of nitrogens with zero attached hydrogens (tertiary/aromatic N) is 5. The van der Waals surface area contributed by atoms with Crippen molar-refractivity contribution < 1.29 is 10.2 Å². The van der Waals surface area contributed by atoms with Crippen LogP contribution in [0.5, 0.6) is 0 Å². The number of amidine groups is 2. The molecule has 6 rings (SSSR count). The molecule has 1 fully saturated rings. The summed E-state index contributed by atoms with van der Waals surface area (Å²) in [5, 5.41) is 20.9. The number of benzene rings is 2. The standard InChI is InChI=1S/C24H24N6O2/c31-17-2-1-8-29(13-17)16-4-5-18-20(11-16)28-23(30-9-7-25-24(18)30)12-22(32)15-3-6-19-21(10-15)27-14-26-19/h3-6,10-12,14,17,31-32H,1-2,7-9,13H2,(H,26,27)/b22-12-. The van der Waals surface area contributed by atoms with E-state index < -0.39 is 0 Å². The zero-order chi connectivity index (χ0) is 21.7. The predicted molar refractivity (Wildman–Crippen MR) is 126 cm³/mol. The molecule has 0 bridgehead atoms. The summed E-state index contributed by atoms with van der Waals surface area (Å²) in [5.41, 5.74) is 5.30. The number of hydrogen-bond acceptors (Lipinski definition) is 7. The van der Waals surface area contributed by atoms with Crippen LogP contribution in [0, 0.1) is 0 Å². The van der Waals surface area contributed by atoms with Crippen LogP contribution in [-0.4, -0.2) is 69.0 Å². The van der Waals surface area contributed by atoms with Crippen molar-refractivity contribution in [2.45, 2.75) is 18.9 Å². The Morgan fingerprint density at radius 3 is 3.00 bits per heavy atom. The molecule has 4 heterocycles. The fraction of sp³-hybridized carbons (Fsp3) is 0.292. The molecule has 0 saturated carbocycles. The van der Waals surface area contributed by atoms with E-state index in [1.807, 2.05) is 18.2 Å². The summed E-state index contributed by atoms with van der Waals surface area (Å²) < 4.78 is 0. The fourth-order valence-corrected chi connectivity index (χ4v) is 4.68. The SMILES string of the molecule is O/C(=C\C1=Nc2cc(N3CCCC(O)C3)ccc2C2=NCCN12)c1ccc2[nH]cnc2c1. The third-order valence-electron chi connectivity index (χ3n) is 6.32. The number of imidazole rings is 1. The third kappa shape index (κ3) is 3.23. The number of aliphatic hydroxyl groups is 2. The molecule has 0 spiro atoms. The van der Waals surface area contributed by atoms with Gasteiger partial charge in [-0.25, -0.2) is 9.98 Å². The van der Waals surface area contributed by atoms with Gasteiger partial charge in [-0.15, -0.1) is 0 Å². The molecule has 8 heteroatoms. The largest absolute Gasteiger partial charge is 0.507 e. The topological polar surface area (TPSA) is 100 Å². The van der Waals surface area contributed by atoms with Crippen LogP contribution in [0.15, 0.2) is 58.8 Å². The lowest BCUT2D eigenvalue weighted by Gasteiger charge is -2.33. The van der Waals surface area contributed by atoms with E-state index in [-0.39, 0.29) is 11.9 Å². The minimum absolute atomic E-state index is 0.138. The number of H-pyrrole nitrogens is 1. The lowest BCUT2D eigenvalue weighted by atomic mass is 10.0. The molecule has 0 aliphatic carbocycles. The smallest absolute Gasteiger partial charge is 0.138 e. The Balaban J connectivity index is 1.38. The van der Waals surface area contributed by atoms with Crippen LogP contribution in [0.2, 0.25) is 0 Å². The van der Waals surface area contributed by atoms with Crippen LogP contribution in [0.4, 0.5) is 11.4 Å². The van der Waals surface area contributed by atoms with E-state index in [9.17, 15) is 10.2 Å². The van der Waals surface area contributed by atoms with Crippen molar-refractivity contribution in [3.05, 3.63) is 59.9 Å². The molecule has 3 aliphatic rings. The van der Waals surface area contributed by atoms with Gasteiger partial charge in [0.05, 0.1) is 35.7 Å². The molecular weight excluding hydrogens is 404 g/mol. The maximum Gasteiger partial charge on any atom is 0.138 e. The minimum atomic E-state index is -0.291. The number of rotatable bonds is 3. The van der Waals surface area contributed by atoms with E-state index in [1.165, 1.54) is 0 Å². The monoisotopic (exact) mass is 428 g/mol. The highest BCUT2D eigenvalue weighted by molar-refractivity contribution is 6.20. The lowest BCUT2D eigenvalue weighted by molar-refractivity contribution is 0.154. The van der Waals surface area contributed by atoms with Gasteiger partial charge in [0.15, 0.2) is 0 Å². The molecule has 1 aromatic heterocycles. The first-order valence-corrected chi connectivity index (χ1v) is 11.0. The molecule has 0 radical (unpaired) electrons. The number of aliphatic imine (C=N–C) groups is 2. The van der Waals surface area contributed by atoms with Crippen LogP contribution in [-0.2, 0) is 0 Å². The van der Waals surface area contributed by atoms with E-state index in [2.05, 4.69) is 38.0 Å². The van der Waals surface area contributed by atoms with Crippen LogP contribution in [0.3, 0.4) is 0 Å². The molecular formula is C24H24N6O2.